The van der Waals surface area contributed by atoms with Crippen LogP contribution in [0.1, 0.15) is 0 Å². The van der Waals surface area contributed by atoms with E-state index in [1.165, 1.54) is 18.2 Å². The summed E-state index contributed by atoms with van der Waals surface area (Å²) < 4.78 is 22.1. The van der Waals surface area contributed by atoms with E-state index < -0.39 is 9.84 Å². The first-order chi connectivity index (χ1) is 5.41. The molecule has 0 fully saturated rings. The van der Waals surface area contributed by atoms with Gasteiger partial charge >= 0.3 is 0 Å². The maximum atomic E-state index is 11.0. The number of hydrogen-bond donors (Lipinski definition) is 0. The first-order valence-electron chi connectivity index (χ1n) is 3.06. The van der Waals surface area contributed by atoms with Crippen molar-refractivity contribution in [2.75, 3.05) is 6.26 Å². The SMILES string of the molecule is CS(=O)(=O)c1ccc(Cl)cc1Cl. The van der Waals surface area contributed by atoms with Gasteiger partial charge in [0.25, 0.3) is 0 Å². The molecule has 0 aliphatic carbocycles. The summed E-state index contributed by atoms with van der Waals surface area (Å²) in [7, 11) is -3.24. The topological polar surface area (TPSA) is 34.1 Å². The van der Waals surface area contributed by atoms with E-state index in [1.807, 2.05) is 0 Å². The molecule has 0 radical (unpaired) electrons. The van der Waals surface area contributed by atoms with Crippen LogP contribution in [-0.4, -0.2) is 14.7 Å². The largest absolute Gasteiger partial charge is 0.224 e. The van der Waals surface area contributed by atoms with E-state index >= 15 is 0 Å². The highest BCUT2D eigenvalue weighted by atomic mass is 35.5. The lowest BCUT2D eigenvalue weighted by Gasteiger charge is -2.00. The van der Waals surface area contributed by atoms with Crippen LogP contribution >= 0.6 is 23.2 Å². The van der Waals surface area contributed by atoms with E-state index in [0.29, 0.717) is 5.02 Å². The Morgan fingerprint density at radius 3 is 2.25 bits per heavy atom. The molecule has 0 aromatic heterocycles. The van der Waals surface area contributed by atoms with Crippen LogP contribution in [0.4, 0.5) is 0 Å². The number of sulfone groups is 1. The van der Waals surface area contributed by atoms with Gasteiger partial charge in [-0.3, -0.25) is 0 Å². The van der Waals surface area contributed by atoms with E-state index in [0.717, 1.165) is 6.26 Å². The first-order valence-corrected chi connectivity index (χ1v) is 5.71. The molecule has 1 rings (SSSR count). The summed E-state index contributed by atoms with van der Waals surface area (Å²) in [4.78, 5) is 0.105. The normalized spacial score (nSPS) is 11.6. The molecule has 5 heteroatoms. The lowest BCUT2D eigenvalue weighted by atomic mass is 10.4. The Kier molecular flexibility index (Phi) is 2.66. The van der Waals surface area contributed by atoms with Gasteiger partial charge in [-0.25, -0.2) is 8.42 Å². The lowest BCUT2D eigenvalue weighted by Crippen LogP contribution is -1.97. The Morgan fingerprint density at radius 2 is 1.83 bits per heavy atom. The van der Waals surface area contributed by atoms with Gasteiger partial charge in [0.05, 0.1) is 9.92 Å². The summed E-state index contributed by atoms with van der Waals surface area (Å²) in [5, 5.41) is 0.581. The number of rotatable bonds is 1. The second-order valence-corrected chi connectivity index (χ2v) is 5.17. The minimum absolute atomic E-state index is 0.105. The van der Waals surface area contributed by atoms with Crippen molar-refractivity contribution >= 4 is 33.0 Å². The maximum absolute atomic E-state index is 11.0. The number of halogens is 2. The summed E-state index contributed by atoms with van der Waals surface area (Å²) >= 11 is 11.2. The molecule has 1 aromatic rings. The van der Waals surface area contributed by atoms with Crippen LogP contribution in [-0.2, 0) is 9.84 Å². The van der Waals surface area contributed by atoms with Gasteiger partial charge < -0.3 is 0 Å². The predicted molar refractivity (Wildman–Crippen MR) is 49.6 cm³/mol. The highest BCUT2D eigenvalue weighted by molar-refractivity contribution is 7.90. The van der Waals surface area contributed by atoms with Gasteiger partial charge in [-0.15, -0.1) is 0 Å². The summed E-state index contributed by atoms with van der Waals surface area (Å²) in [6.07, 6.45) is 1.10. The van der Waals surface area contributed by atoms with Crippen molar-refractivity contribution < 1.29 is 8.42 Å². The Morgan fingerprint density at radius 1 is 1.25 bits per heavy atom. The predicted octanol–water partition coefficient (Wildman–Crippen LogP) is 2.40. The molecule has 2 nitrogen and oxygen atoms in total. The van der Waals surface area contributed by atoms with Crippen LogP contribution in [0.3, 0.4) is 0 Å². The zero-order valence-electron chi connectivity index (χ0n) is 6.21. The lowest BCUT2D eigenvalue weighted by molar-refractivity contribution is 0.602. The number of benzene rings is 1. The van der Waals surface area contributed by atoms with E-state index in [4.69, 9.17) is 23.2 Å². The van der Waals surface area contributed by atoms with E-state index in [1.54, 1.807) is 0 Å². The monoisotopic (exact) mass is 224 g/mol. The molecule has 0 N–H and O–H groups in total. The van der Waals surface area contributed by atoms with Crippen LogP contribution in [0.2, 0.25) is 10.0 Å². The summed E-state index contributed by atoms with van der Waals surface area (Å²) in [6, 6.07) is 4.28. The third kappa shape index (κ3) is 2.12. The van der Waals surface area contributed by atoms with E-state index in [2.05, 4.69) is 0 Å². The van der Waals surface area contributed by atoms with Gasteiger partial charge in [0.15, 0.2) is 9.84 Å². The summed E-state index contributed by atoms with van der Waals surface area (Å²) in [5.41, 5.74) is 0. The van der Waals surface area contributed by atoms with Crippen molar-refractivity contribution in [2.24, 2.45) is 0 Å². The van der Waals surface area contributed by atoms with Gasteiger partial charge in [-0.2, -0.15) is 0 Å². The van der Waals surface area contributed by atoms with Crippen molar-refractivity contribution in [2.45, 2.75) is 4.90 Å². The molecule has 0 bridgehead atoms. The van der Waals surface area contributed by atoms with Crippen molar-refractivity contribution in [3.05, 3.63) is 28.2 Å². The Labute approximate surface area is 81.0 Å². The summed E-state index contributed by atoms with van der Waals surface area (Å²) in [5.74, 6) is 0. The van der Waals surface area contributed by atoms with Gasteiger partial charge in [0.1, 0.15) is 0 Å². The standard InChI is InChI=1S/C7H6Cl2O2S/c1-12(10,11)7-3-2-5(8)4-6(7)9/h2-4H,1H3. The van der Waals surface area contributed by atoms with Crippen LogP contribution < -0.4 is 0 Å². The molecule has 0 aliphatic heterocycles. The number of hydrogen-bond acceptors (Lipinski definition) is 2. The van der Waals surface area contributed by atoms with Gasteiger partial charge in [-0.05, 0) is 18.2 Å². The highest BCUT2D eigenvalue weighted by Gasteiger charge is 2.11. The molecule has 1 aromatic carbocycles. The molecule has 0 atom stereocenters. The van der Waals surface area contributed by atoms with Crippen LogP contribution in [0, 0.1) is 0 Å². The smallest absolute Gasteiger partial charge is 0.176 e. The van der Waals surface area contributed by atoms with E-state index in [-0.39, 0.29) is 9.92 Å². The molecule has 0 heterocycles. The summed E-state index contributed by atoms with van der Waals surface area (Å²) in [6.45, 7) is 0. The second-order valence-electron chi connectivity index (χ2n) is 2.35. The maximum Gasteiger partial charge on any atom is 0.176 e. The van der Waals surface area contributed by atoms with Gasteiger partial charge in [0, 0.05) is 11.3 Å². The van der Waals surface area contributed by atoms with Gasteiger partial charge in [0.2, 0.25) is 0 Å². The first kappa shape index (κ1) is 9.84. The zero-order chi connectivity index (χ0) is 9.35. The Bertz CT molecular complexity index is 398. The molecular weight excluding hydrogens is 219 g/mol. The molecule has 0 spiro atoms. The minimum atomic E-state index is -3.24. The molecular formula is C7H6Cl2O2S. The third-order valence-corrected chi connectivity index (χ3v) is 3.11. The molecule has 0 aliphatic rings. The Balaban J connectivity index is 3.39. The van der Waals surface area contributed by atoms with Crippen molar-refractivity contribution in [3.63, 3.8) is 0 Å². The Hall–Kier alpha value is -0.250. The highest BCUT2D eigenvalue weighted by Crippen LogP contribution is 2.24. The average molecular weight is 225 g/mol. The van der Waals surface area contributed by atoms with Gasteiger partial charge in [-0.1, -0.05) is 23.2 Å². The molecule has 0 amide bonds. The minimum Gasteiger partial charge on any atom is -0.224 e. The fourth-order valence-electron chi connectivity index (χ4n) is 0.776. The van der Waals surface area contributed by atoms with Crippen LogP contribution in [0.5, 0.6) is 0 Å². The quantitative estimate of drug-likeness (QED) is 0.735. The molecule has 0 unspecified atom stereocenters. The molecule has 0 saturated heterocycles. The fraction of sp³-hybridized carbons (Fsp3) is 0.143. The van der Waals surface area contributed by atoms with Crippen molar-refractivity contribution in [3.8, 4) is 0 Å². The zero-order valence-corrected chi connectivity index (χ0v) is 8.54. The van der Waals surface area contributed by atoms with E-state index in [9.17, 15) is 8.42 Å². The van der Waals surface area contributed by atoms with Crippen LogP contribution in [0.25, 0.3) is 0 Å². The third-order valence-electron chi connectivity index (χ3n) is 1.29. The molecule has 0 saturated carbocycles. The molecule has 12 heavy (non-hydrogen) atoms. The fourth-order valence-corrected chi connectivity index (χ4v) is 2.33. The average Bonchev–Trinajstić information content (AvgIpc) is 1.83. The molecule has 66 valence electrons. The van der Waals surface area contributed by atoms with Crippen LogP contribution in [0.15, 0.2) is 23.1 Å². The van der Waals surface area contributed by atoms with Crippen molar-refractivity contribution in [1.29, 1.82) is 0 Å². The second kappa shape index (κ2) is 3.24. The van der Waals surface area contributed by atoms with Crippen molar-refractivity contribution in [1.82, 2.24) is 0 Å².